The van der Waals surface area contributed by atoms with Gasteiger partial charge >= 0.3 is 0 Å². The Labute approximate surface area is 196 Å². The van der Waals surface area contributed by atoms with Gasteiger partial charge < -0.3 is 16.0 Å². The van der Waals surface area contributed by atoms with Crippen molar-refractivity contribution in [1.82, 2.24) is 14.6 Å². The second kappa shape index (κ2) is 8.85. The van der Waals surface area contributed by atoms with Crippen LogP contribution < -0.4 is 15.8 Å². The summed E-state index contributed by atoms with van der Waals surface area (Å²) in [6.07, 6.45) is 7.90. The number of nitrogens with one attached hydrogen (secondary N) is 2. The second-order valence-electron chi connectivity index (χ2n) is 9.30. The molecule has 0 spiro atoms. The smallest absolute Gasteiger partial charge is 0.170 e. The molecule has 1 aromatic rings. The Hall–Kier alpha value is -2.82. The molecule has 2 bridgehead atoms. The monoisotopic (exact) mass is 471 g/mol. The van der Waals surface area contributed by atoms with Gasteiger partial charge in [0, 0.05) is 35.7 Å². The van der Waals surface area contributed by atoms with Crippen LogP contribution in [0.2, 0.25) is 0 Å². The maximum absolute atomic E-state index is 10.9. The summed E-state index contributed by atoms with van der Waals surface area (Å²) in [7, 11) is -3.38. The van der Waals surface area contributed by atoms with E-state index in [0.29, 0.717) is 36.0 Å². The summed E-state index contributed by atoms with van der Waals surface area (Å²) in [4.78, 5) is 16.2. The number of aliphatic imine (C=N–C) groups is 2. The van der Waals surface area contributed by atoms with Crippen LogP contribution in [0.25, 0.3) is 0 Å². The predicted molar refractivity (Wildman–Crippen MR) is 135 cm³/mol. The van der Waals surface area contributed by atoms with Gasteiger partial charge in [-0.25, -0.2) is 15.0 Å². The minimum Gasteiger partial charge on any atom is -0.402 e. The lowest BCUT2D eigenvalue weighted by Crippen LogP contribution is -2.53. The average Bonchev–Trinajstić information content (AvgIpc) is 3.05. The van der Waals surface area contributed by atoms with E-state index < -0.39 is 10.8 Å². The molecule has 1 fully saturated rings. The molecule has 0 saturated carbocycles. The summed E-state index contributed by atoms with van der Waals surface area (Å²) in [5, 5.41) is 3.56. The van der Waals surface area contributed by atoms with Crippen LogP contribution in [0.15, 0.2) is 69.2 Å². The first-order valence-corrected chi connectivity index (χ1v) is 12.6. The molecule has 3 aliphatic rings. The largest absolute Gasteiger partial charge is 0.402 e. The third-order valence-electron chi connectivity index (χ3n) is 6.20. The number of hydrogen-bond donors (Lipinski definition) is 5. The third kappa shape index (κ3) is 4.92. The number of nitrogens with zero attached hydrogens (tertiary/aromatic N) is 4. The van der Waals surface area contributed by atoms with Crippen LogP contribution in [0.3, 0.4) is 0 Å². The number of pyridine rings is 1. The molecular weight excluding hydrogens is 438 g/mol. The summed E-state index contributed by atoms with van der Waals surface area (Å²) in [6.45, 7) is 11.1. The fraction of sp³-hybridized carbons (Fsp3) is 0.435. The fourth-order valence-electron chi connectivity index (χ4n) is 4.56. The summed E-state index contributed by atoms with van der Waals surface area (Å²) in [5.41, 5.74) is 6.74. The molecule has 0 aromatic carbocycles. The highest BCUT2D eigenvalue weighted by Gasteiger charge is 2.44. The first-order valence-electron chi connectivity index (χ1n) is 11.1. The van der Waals surface area contributed by atoms with Crippen LogP contribution in [0.5, 0.6) is 0 Å². The van der Waals surface area contributed by atoms with Crippen LogP contribution in [0.1, 0.15) is 40.0 Å². The Morgan fingerprint density at radius 1 is 1.39 bits per heavy atom. The van der Waals surface area contributed by atoms with Gasteiger partial charge in [-0.15, -0.1) is 0 Å². The number of rotatable bonds is 2. The molecule has 178 valence electrons. The second-order valence-corrected chi connectivity index (χ2v) is 11.0. The molecule has 4 rings (SSSR count). The summed E-state index contributed by atoms with van der Waals surface area (Å²) in [6, 6.07) is 5.39. The van der Waals surface area contributed by atoms with Crippen LogP contribution in [0.4, 0.5) is 5.82 Å². The number of amidine groups is 1. The fourth-order valence-corrected chi connectivity index (χ4v) is 5.66. The van der Waals surface area contributed by atoms with Crippen LogP contribution in [0, 0.1) is 5.92 Å². The topological polar surface area (TPSA) is 131 Å². The Balaban J connectivity index is 1.78. The molecule has 0 amide bonds. The van der Waals surface area contributed by atoms with Crippen molar-refractivity contribution in [2.45, 2.75) is 56.6 Å². The zero-order chi connectivity index (χ0) is 23.8. The van der Waals surface area contributed by atoms with E-state index in [1.807, 2.05) is 12.1 Å². The van der Waals surface area contributed by atoms with Crippen LogP contribution in [-0.4, -0.2) is 49.2 Å². The number of hydrogen-bond acceptors (Lipinski definition) is 9. The van der Waals surface area contributed by atoms with E-state index >= 15 is 0 Å². The molecule has 1 aromatic heterocycles. The molecule has 0 radical (unpaired) electrons. The van der Waals surface area contributed by atoms with Gasteiger partial charge in [-0.1, -0.05) is 23.4 Å². The molecule has 9 nitrogen and oxygen atoms in total. The first kappa shape index (κ1) is 23.3. The van der Waals surface area contributed by atoms with Crippen molar-refractivity contribution in [1.29, 1.82) is 0 Å². The molecule has 33 heavy (non-hydrogen) atoms. The van der Waals surface area contributed by atoms with Crippen molar-refractivity contribution in [2.24, 2.45) is 21.6 Å². The Morgan fingerprint density at radius 3 is 2.94 bits per heavy atom. The van der Waals surface area contributed by atoms with Gasteiger partial charge in [0.05, 0.1) is 5.92 Å². The quantitative estimate of drug-likeness (QED) is 0.411. The summed E-state index contributed by atoms with van der Waals surface area (Å²) in [5.74, 6) is 1.79. The Bertz CT molecular complexity index is 1060. The highest BCUT2D eigenvalue weighted by atomic mass is 32.3. The summed E-state index contributed by atoms with van der Waals surface area (Å²) < 4.78 is 24.6. The predicted octanol–water partition coefficient (Wildman–Crippen LogP) is 4.07. The summed E-state index contributed by atoms with van der Waals surface area (Å²) >= 11 is 0. The number of anilines is 1. The van der Waals surface area contributed by atoms with Gasteiger partial charge in [0.15, 0.2) is 5.03 Å². The minimum absolute atomic E-state index is 0.134. The Kier molecular flexibility index (Phi) is 6.26. The number of fused-ring (bicyclic) bond motifs is 5. The lowest BCUT2D eigenvalue weighted by Gasteiger charge is -2.44. The number of nitrogens with two attached hydrogens (primary N) is 1. The molecular formula is C23H33N7O2S. The van der Waals surface area contributed by atoms with Crippen LogP contribution in [-0.2, 0) is 0 Å². The van der Waals surface area contributed by atoms with Crippen molar-refractivity contribution in [3.63, 3.8) is 0 Å². The molecule has 10 heteroatoms. The van der Waals surface area contributed by atoms with Crippen molar-refractivity contribution < 1.29 is 9.11 Å². The zero-order valence-electron chi connectivity index (χ0n) is 19.3. The third-order valence-corrected chi connectivity index (χ3v) is 7.56. The van der Waals surface area contributed by atoms with E-state index in [0.717, 1.165) is 18.7 Å². The standard InChI is InChI=1S/C23H33N7O2S/c1-15(24)11-13-25-20-9-8-18-16(2)29-33(31,32)21-7-5-6-19(27-21)26-14-17-10-12-23(3,4)30(17)22(18)28-20/h5-7,9,11,13,17-18,29,31-32H,2,8,10,12,14,24H2,1,3-4H3,(H,26,27). The van der Waals surface area contributed by atoms with Gasteiger partial charge in [0.25, 0.3) is 0 Å². The molecule has 3 aliphatic heterocycles. The maximum atomic E-state index is 10.9. The molecule has 4 heterocycles. The van der Waals surface area contributed by atoms with Crippen molar-refractivity contribution in [2.75, 3.05) is 11.9 Å². The number of aromatic nitrogens is 1. The van der Waals surface area contributed by atoms with Crippen molar-refractivity contribution in [3.05, 3.63) is 54.1 Å². The van der Waals surface area contributed by atoms with Gasteiger partial charge in [-0.05, 0) is 64.3 Å². The van der Waals surface area contributed by atoms with E-state index in [2.05, 4.69) is 45.3 Å². The Morgan fingerprint density at radius 2 is 2.18 bits per heavy atom. The highest BCUT2D eigenvalue weighted by Crippen LogP contribution is 2.46. The lowest BCUT2D eigenvalue weighted by atomic mass is 9.94. The maximum Gasteiger partial charge on any atom is 0.170 e. The lowest BCUT2D eigenvalue weighted by molar-refractivity contribution is 0.226. The van der Waals surface area contributed by atoms with Gasteiger partial charge in [-0.3, -0.25) is 13.8 Å². The van der Waals surface area contributed by atoms with E-state index in [1.54, 1.807) is 31.3 Å². The first-order chi connectivity index (χ1) is 15.6. The van der Waals surface area contributed by atoms with Crippen LogP contribution >= 0.6 is 10.8 Å². The van der Waals surface area contributed by atoms with Crippen molar-refractivity contribution >= 4 is 28.6 Å². The molecule has 2 unspecified atom stereocenters. The SMILES string of the molecule is C=C1NS(O)(O)c2cccc(n2)NCC2CCC(C)(C)N2C2=NC(N=CC=C(C)N)=CCC12. The van der Waals surface area contributed by atoms with Crippen molar-refractivity contribution in [3.8, 4) is 0 Å². The normalized spacial score (nSPS) is 27.7. The van der Waals surface area contributed by atoms with E-state index in [4.69, 9.17) is 10.7 Å². The molecule has 6 N–H and O–H groups in total. The van der Waals surface area contributed by atoms with E-state index in [1.165, 1.54) is 0 Å². The van der Waals surface area contributed by atoms with Gasteiger partial charge in [0.1, 0.15) is 17.5 Å². The minimum atomic E-state index is -3.38. The van der Waals surface area contributed by atoms with E-state index in [9.17, 15) is 9.11 Å². The van der Waals surface area contributed by atoms with E-state index in [-0.39, 0.29) is 22.5 Å². The van der Waals surface area contributed by atoms with Gasteiger partial charge in [-0.2, -0.15) is 0 Å². The van der Waals surface area contributed by atoms with Gasteiger partial charge in [0.2, 0.25) is 0 Å². The molecule has 2 atom stereocenters. The molecule has 1 saturated heterocycles. The zero-order valence-corrected chi connectivity index (χ0v) is 20.1. The average molecular weight is 472 g/mol. The number of allylic oxidation sites excluding steroid dienone is 3. The highest BCUT2D eigenvalue weighted by molar-refractivity contribution is 8.22. The molecule has 0 aliphatic carbocycles.